The number of aromatic nitrogens is 1. The lowest BCUT2D eigenvalue weighted by atomic mass is 9.88. The maximum atomic E-state index is 5.64. The van der Waals surface area contributed by atoms with Crippen molar-refractivity contribution in [2.75, 3.05) is 45.9 Å². The fourth-order valence-corrected chi connectivity index (χ4v) is 4.56. The van der Waals surface area contributed by atoms with E-state index in [2.05, 4.69) is 39.7 Å². The first-order valence-corrected chi connectivity index (χ1v) is 10.9. The van der Waals surface area contributed by atoms with Crippen molar-refractivity contribution < 1.29 is 4.74 Å². The van der Waals surface area contributed by atoms with Crippen LogP contribution >= 0.6 is 11.3 Å². The zero-order valence-corrected chi connectivity index (χ0v) is 17.0. The number of aliphatic imine (C=N–C) groups is 1. The average Bonchev–Trinajstić information content (AvgIpc) is 3.33. The quantitative estimate of drug-likeness (QED) is 0.562. The molecule has 0 saturated carbocycles. The predicted molar refractivity (Wildman–Crippen MR) is 108 cm³/mol. The Morgan fingerprint density at radius 2 is 2.08 bits per heavy atom. The molecule has 6 nitrogen and oxygen atoms in total. The number of nitrogens with zero attached hydrogens (tertiary/aromatic N) is 3. The second-order valence-corrected chi connectivity index (χ2v) is 8.32. The molecule has 0 aliphatic carbocycles. The minimum Gasteiger partial charge on any atom is -0.381 e. The van der Waals surface area contributed by atoms with Crippen LogP contribution < -0.4 is 10.6 Å². The number of thiazole rings is 1. The monoisotopic (exact) mass is 379 g/mol. The van der Waals surface area contributed by atoms with Crippen LogP contribution in [0.25, 0.3) is 0 Å². The molecule has 7 heteroatoms. The van der Waals surface area contributed by atoms with Gasteiger partial charge in [-0.05, 0) is 52.6 Å². The Bertz CT molecular complexity index is 576. The standard InChI is InChI=1S/C19H33N5OS/c1-3-20-18(21-9-6-17-14-26-16(2)23-17)22-15-19(7-12-25-13-8-19)24-10-4-5-11-24/h14H,3-13,15H2,1-2H3,(H2,20,21,22). The lowest BCUT2D eigenvalue weighted by Gasteiger charge is -2.43. The summed E-state index contributed by atoms with van der Waals surface area (Å²) >= 11 is 1.71. The molecule has 0 bridgehead atoms. The number of ether oxygens (including phenoxy) is 1. The van der Waals surface area contributed by atoms with Gasteiger partial charge in [0.05, 0.1) is 17.2 Å². The summed E-state index contributed by atoms with van der Waals surface area (Å²) in [4.78, 5) is 12.2. The highest BCUT2D eigenvalue weighted by Crippen LogP contribution is 2.31. The molecule has 0 aromatic carbocycles. The number of likely N-dealkylation sites (tertiary alicyclic amines) is 1. The van der Waals surface area contributed by atoms with E-state index in [1.807, 2.05) is 0 Å². The third-order valence-corrected chi connectivity index (χ3v) is 6.24. The van der Waals surface area contributed by atoms with Gasteiger partial charge in [-0.2, -0.15) is 0 Å². The lowest BCUT2D eigenvalue weighted by molar-refractivity contribution is -0.0139. The number of nitrogens with one attached hydrogen (secondary N) is 2. The molecule has 2 saturated heterocycles. The first-order chi connectivity index (χ1) is 12.7. The fourth-order valence-electron chi connectivity index (χ4n) is 3.92. The summed E-state index contributed by atoms with van der Waals surface area (Å²) in [7, 11) is 0. The molecule has 2 aliphatic heterocycles. The summed E-state index contributed by atoms with van der Waals surface area (Å²) in [5, 5.41) is 10.1. The Morgan fingerprint density at radius 3 is 2.73 bits per heavy atom. The first-order valence-electron chi connectivity index (χ1n) is 9.98. The predicted octanol–water partition coefficient (Wildman–Crippen LogP) is 2.19. The van der Waals surface area contributed by atoms with Crippen molar-refractivity contribution in [1.82, 2.24) is 20.5 Å². The smallest absolute Gasteiger partial charge is 0.191 e. The van der Waals surface area contributed by atoms with Gasteiger partial charge in [-0.25, -0.2) is 4.98 Å². The van der Waals surface area contributed by atoms with E-state index in [1.54, 1.807) is 11.3 Å². The number of guanidine groups is 1. The van der Waals surface area contributed by atoms with Crippen LogP contribution in [0.1, 0.15) is 43.3 Å². The molecular weight excluding hydrogens is 346 g/mol. The third kappa shape index (κ3) is 5.18. The van der Waals surface area contributed by atoms with Crippen molar-refractivity contribution >= 4 is 17.3 Å². The number of rotatable bonds is 7. The summed E-state index contributed by atoms with van der Waals surface area (Å²) in [5.74, 6) is 0.921. The van der Waals surface area contributed by atoms with Crippen LogP contribution in [0.15, 0.2) is 10.4 Å². The van der Waals surface area contributed by atoms with Crippen LogP contribution in [0.3, 0.4) is 0 Å². The number of hydrogen-bond donors (Lipinski definition) is 2. The molecular formula is C19H33N5OS. The van der Waals surface area contributed by atoms with Crippen molar-refractivity contribution in [3.63, 3.8) is 0 Å². The molecule has 0 atom stereocenters. The molecule has 1 aromatic rings. The molecule has 2 aliphatic rings. The molecule has 3 rings (SSSR count). The third-order valence-electron chi connectivity index (χ3n) is 5.42. The molecule has 2 N–H and O–H groups in total. The number of hydrogen-bond acceptors (Lipinski definition) is 5. The van der Waals surface area contributed by atoms with Crippen molar-refractivity contribution in [2.45, 2.75) is 51.5 Å². The molecule has 3 heterocycles. The van der Waals surface area contributed by atoms with Crippen LogP contribution in [0.4, 0.5) is 0 Å². The van der Waals surface area contributed by atoms with E-state index in [0.717, 1.165) is 68.8 Å². The Morgan fingerprint density at radius 1 is 1.31 bits per heavy atom. The van der Waals surface area contributed by atoms with Gasteiger partial charge in [0, 0.05) is 43.6 Å². The van der Waals surface area contributed by atoms with E-state index >= 15 is 0 Å². The molecule has 146 valence electrons. The number of aryl methyl sites for hydroxylation is 1. The molecule has 26 heavy (non-hydrogen) atoms. The van der Waals surface area contributed by atoms with Gasteiger partial charge in [-0.1, -0.05) is 0 Å². The van der Waals surface area contributed by atoms with E-state index in [9.17, 15) is 0 Å². The van der Waals surface area contributed by atoms with Gasteiger partial charge >= 0.3 is 0 Å². The van der Waals surface area contributed by atoms with Gasteiger partial charge in [-0.3, -0.25) is 9.89 Å². The zero-order chi connectivity index (χ0) is 18.2. The normalized spacial score (nSPS) is 21.1. The second kappa shape index (κ2) is 9.67. The van der Waals surface area contributed by atoms with Crippen LogP contribution in [0.2, 0.25) is 0 Å². The minimum atomic E-state index is 0.184. The maximum absolute atomic E-state index is 5.64. The first kappa shape index (κ1) is 19.6. The Hall–Kier alpha value is -1.18. The lowest BCUT2D eigenvalue weighted by Crippen LogP contribution is -2.54. The molecule has 2 fully saturated rings. The fraction of sp³-hybridized carbons (Fsp3) is 0.789. The molecule has 0 radical (unpaired) electrons. The van der Waals surface area contributed by atoms with Crippen LogP contribution in [0.5, 0.6) is 0 Å². The summed E-state index contributed by atoms with van der Waals surface area (Å²) in [6.45, 7) is 10.9. The maximum Gasteiger partial charge on any atom is 0.191 e. The van der Waals surface area contributed by atoms with Gasteiger partial charge in [0.2, 0.25) is 0 Å². The molecule has 1 aromatic heterocycles. The zero-order valence-electron chi connectivity index (χ0n) is 16.2. The molecule has 0 unspecified atom stereocenters. The second-order valence-electron chi connectivity index (χ2n) is 7.26. The van der Waals surface area contributed by atoms with Gasteiger partial charge in [0.25, 0.3) is 0 Å². The SMILES string of the molecule is CCNC(=NCC1(N2CCCC2)CCOCC1)NCCc1csc(C)n1. The molecule has 0 amide bonds. The van der Waals surface area contributed by atoms with Crippen molar-refractivity contribution in [2.24, 2.45) is 4.99 Å². The van der Waals surface area contributed by atoms with Crippen molar-refractivity contribution in [3.8, 4) is 0 Å². The Labute approximate surface area is 161 Å². The van der Waals surface area contributed by atoms with Crippen molar-refractivity contribution in [3.05, 3.63) is 16.1 Å². The summed E-state index contributed by atoms with van der Waals surface area (Å²) in [5.41, 5.74) is 1.34. The van der Waals surface area contributed by atoms with E-state index < -0.39 is 0 Å². The van der Waals surface area contributed by atoms with Gasteiger partial charge in [0.1, 0.15) is 0 Å². The van der Waals surface area contributed by atoms with E-state index in [0.29, 0.717) is 0 Å². The highest BCUT2D eigenvalue weighted by atomic mass is 32.1. The van der Waals surface area contributed by atoms with Gasteiger partial charge in [-0.15, -0.1) is 11.3 Å². The summed E-state index contributed by atoms with van der Waals surface area (Å²) < 4.78 is 5.64. The topological polar surface area (TPSA) is 61.8 Å². The average molecular weight is 380 g/mol. The van der Waals surface area contributed by atoms with Gasteiger partial charge < -0.3 is 15.4 Å². The van der Waals surface area contributed by atoms with E-state index in [4.69, 9.17) is 9.73 Å². The highest BCUT2D eigenvalue weighted by molar-refractivity contribution is 7.09. The largest absolute Gasteiger partial charge is 0.381 e. The Balaban J connectivity index is 1.58. The van der Waals surface area contributed by atoms with Crippen LogP contribution in [0, 0.1) is 6.92 Å². The van der Waals surface area contributed by atoms with Crippen LogP contribution in [-0.2, 0) is 11.2 Å². The highest BCUT2D eigenvalue weighted by Gasteiger charge is 2.39. The molecule has 0 spiro atoms. The van der Waals surface area contributed by atoms with Gasteiger partial charge in [0.15, 0.2) is 5.96 Å². The van der Waals surface area contributed by atoms with E-state index in [1.165, 1.54) is 25.9 Å². The van der Waals surface area contributed by atoms with Crippen molar-refractivity contribution in [1.29, 1.82) is 0 Å². The summed E-state index contributed by atoms with van der Waals surface area (Å²) in [6, 6.07) is 0. The van der Waals surface area contributed by atoms with E-state index in [-0.39, 0.29) is 5.54 Å². The minimum absolute atomic E-state index is 0.184. The van der Waals surface area contributed by atoms with Crippen LogP contribution in [-0.4, -0.2) is 67.3 Å². The Kier molecular flexibility index (Phi) is 7.28. The summed E-state index contributed by atoms with van der Waals surface area (Å²) in [6.07, 6.45) is 5.75.